The molecule has 1 aliphatic heterocycles. The second-order valence-corrected chi connectivity index (χ2v) is 11.6. The molecule has 0 aliphatic carbocycles. The van der Waals surface area contributed by atoms with Gasteiger partial charge in [-0.15, -0.1) is 15.9 Å². The summed E-state index contributed by atoms with van der Waals surface area (Å²) in [5.41, 5.74) is 5.17. The maximum atomic E-state index is 11.9. The molecule has 0 spiro atoms. The van der Waals surface area contributed by atoms with E-state index in [1.54, 1.807) is 27.3 Å². The molecule has 1 unspecified atom stereocenters. The van der Waals surface area contributed by atoms with Crippen LogP contribution in [0.25, 0.3) is 11.0 Å². The van der Waals surface area contributed by atoms with Gasteiger partial charge in [-0.05, 0) is 60.4 Å². The number of rotatable bonds is 7. The van der Waals surface area contributed by atoms with Crippen molar-refractivity contribution in [1.29, 1.82) is 0 Å². The molecule has 0 saturated carbocycles. The van der Waals surface area contributed by atoms with Gasteiger partial charge in [0.05, 0.1) is 11.9 Å². The first-order valence-electron chi connectivity index (χ1n) is 12.5. The van der Waals surface area contributed by atoms with Gasteiger partial charge in [0.2, 0.25) is 0 Å². The molecule has 0 fully saturated rings. The average Bonchev–Trinajstić information content (AvgIpc) is 3.23. The van der Waals surface area contributed by atoms with Crippen molar-refractivity contribution in [1.82, 2.24) is 24.3 Å². The number of carbonyl (C=O) groups is 1. The molecule has 1 aliphatic rings. The van der Waals surface area contributed by atoms with Crippen LogP contribution in [-0.4, -0.2) is 64.1 Å². The summed E-state index contributed by atoms with van der Waals surface area (Å²) in [6.45, 7) is 6.06. The normalized spacial score (nSPS) is 17.1. The number of aliphatic carboxylic acids is 1. The Balaban J connectivity index is 1.51. The van der Waals surface area contributed by atoms with E-state index < -0.39 is 22.7 Å². The Labute approximate surface area is 223 Å². The number of nitrogens with zero attached hydrogens (tertiary/aromatic N) is 6. The van der Waals surface area contributed by atoms with Gasteiger partial charge in [-0.1, -0.05) is 29.5 Å². The van der Waals surface area contributed by atoms with E-state index >= 15 is 0 Å². The highest BCUT2D eigenvalue weighted by atomic mass is 32.3. The Hall–Kier alpha value is -3.51. The van der Waals surface area contributed by atoms with E-state index in [1.165, 1.54) is 0 Å². The van der Waals surface area contributed by atoms with Crippen molar-refractivity contribution >= 4 is 33.6 Å². The maximum Gasteiger partial charge on any atom is 0.304 e. The van der Waals surface area contributed by atoms with Gasteiger partial charge in [-0.2, -0.15) is 4.31 Å². The lowest BCUT2D eigenvalue weighted by Crippen LogP contribution is -2.33. The average molecular weight is 537 g/mol. The first-order chi connectivity index (χ1) is 18.2. The lowest BCUT2D eigenvalue weighted by molar-refractivity contribution is -0.137. The fraction of sp³-hybridized carbons (Fsp3) is 0.333. The number of hydrogen-bond donors (Lipinski definition) is 3. The van der Waals surface area contributed by atoms with Crippen molar-refractivity contribution in [2.24, 2.45) is 7.05 Å². The molecule has 3 heterocycles. The smallest absolute Gasteiger partial charge is 0.304 e. The number of hydrogen-bond acceptors (Lipinski definition) is 8. The van der Waals surface area contributed by atoms with Crippen LogP contribution in [0.1, 0.15) is 41.5 Å². The van der Waals surface area contributed by atoms with E-state index in [0.717, 1.165) is 27.8 Å². The molecular weight excluding hydrogens is 504 g/mol. The molecule has 0 bridgehead atoms. The van der Waals surface area contributed by atoms with Crippen LogP contribution in [-0.2, 0) is 18.4 Å². The predicted octanol–water partition coefficient (Wildman–Crippen LogP) is 4.64. The lowest BCUT2D eigenvalue weighted by atomic mass is 9.86. The summed E-state index contributed by atoms with van der Waals surface area (Å²) in [6, 6.07) is 15.1. The van der Waals surface area contributed by atoms with Crippen molar-refractivity contribution in [2.75, 3.05) is 24.5 Å². The molecule has 200 valence electrons. The van der Waals surface area contributed by atoms with Gasteiger partial charge >= 0.3 is 5.97 Å². The van der Waals surface area contributed by atoms with Crippen LogP contribution in [0.2, 0.25) is 0 Å². The Morgan fingerprint density at radius 2 is 1.87 bits per heavy atom. The first-order valence-corrected chi connectivity index (χ1v) is 14.0. The molecule has 2 aromatic heterocycles. The molecule has 11 heteroatoms. The molecule has 2 aromatic carbocycles. The van der Waals surface area contributed by atoms with Crippen LogP contribution >= 0.6 is 10.8 Å². The van der Waals surface area contributed by atoms with Crippen LogP contribution in [0.15, 0.2) is 59.6 Å². The number of benzene rings is 2. The van der Waals surface area contributed by atoms with Gasteiger partial charge in [0.1, 0.15) is 10.4 Å². The Kier molecular flexibility index (Phi) is 7.10. The van der Waals surface area contributed by atoms with Crippen molar-refractivity contribution < 1.29 is 19.0 Å². The highest BCUT2D eigenvalue weighted by Gasteiger charge is 2.34. The molecular formula is C27H32N6O4S. The van der Waals surface area contributed by atoms with Crippen LogP contribution < -0.4 is 4.90 Å². The summed E-state index contributed by atoms with van der Waals surface area (Å²) >= 11 is 0. The SMILES string of the molecule is CCN1CCN(Cc2cc(C(CC(=O)O)c3ccc4c(c3)nnn4C)ccc2C)S(O)(O)c2cccnc21. The van der Waals surface area contributed by atoms with Gasteiger partial charge < -0.3 is 10.0 Å². The molecule has 4 aromatic rings. The number of fused-ring (bicyclic) bond motifs is 2. The zero-order chi connectivity index (χ0) is 27.0. The van der Waals surface area contributed by atoms with Crippen molar-refractivity contribution in [3.8, 4) is 0 Å². The van der Waals surface area contributed by atoms with Crippen molar-refractivity contribution in [3.05, 3.63) is 77.0 Å². The number of pyridine rings is 1. The van der Waals surface area contributed by atoms with E-state index in [9.17, 15) is 19.0 Å². The highest BCUT2D eigenvalue weighted by Crippen LogP contribution is 2.56. The molecule has 0 saturated heterocycles. The minimum Gasteiger partial charge on any atom is -0.481 e. The first kappa shape index (κ1) is 26.1. The maximum absolute atomic E-state index is 11.9. The number of likely N-dealkylation sites (N-methyl/N-ethyl adjacent to an activating group) is 1. The summed E-state index contributed by atoms with van der Waals surface area (Å²) in [4.78, 5) is 18.8. The fourth-order valence-corrected chi connectivity index (χ4v) is 6.68. The Morgan fingerprint density at radius 1 is 1.11 bits per heavy atom. The van der Waals surface area contributed by atoms with Gasteiger partial charge in [-0.3, -0.25) is 13.9 Å². The topological polar surface area (TPSA) is 128 Å². The quantitative estimate of drug-likeness (QED) is 0.309. The van der Waals surface area contributed by atoms with E-state index in [2.05, 4.69) is 20.2 Å². The Bertz CT molecular complexity index is 1490. The van der Waals surface area contributed by atoms with Gasteiger partial charge in [0.15, 0.2) is 5.82 Å². The molecule has 38 heavy (non-hydrogen) atoms. The number of anilines is 1. The largest absolute Gasteiger partial charge is 0.481 e. The lowest BCUT2D eigenvalue weighted by Gasteiger charge is -2.41. The highest BCUT2D eigenvalue weighted by molar-refractivity contribution is 8.22. The van der Waals surface area contributed by atoms with E-state index in [-0.39, 0.29) is 6.42 Å². The van der Waals surface area contributed by atoms with Crippen LogP contribution in [0, 0.1) is 6.92 Å². The third-order valence-electron chi connectivity index (χ3n) is 7.24. The molecule has 10 nitrogen and oxygen atoms in total. The third kappa shape index (κ3) is 4.85. The summed E-state index contributed by atoms with van der Waals surface area (Å²) in [6.07, 6.45) is 1.58. The third-order valence-corrected chi connectivity index (χ3v) is 9.19. The van der Waals surface area contributed by atoms with Gasteiger partial charge in [0.25, 0.3) is 0 Å². The molecule has 0 radical (unpaired) electrons. The monoisotopic (exact) mass is 536 g/mol. The van der Waals surface area contributed by atoms with E-state index in [4.69, 9.17) is 0 Å². The minimum atomic E-state index is -3.29. The number of aryl methyl sites for hydroxylation is 2. The van der Waals surface area contributed by atoms with Crippen molar-refractivity contribution in [3.63, 3.8) is 0 Å². The van der Waals surface area contributed by atoms with Crippen LogP contribution in [0.3, 0.4) is 0 Å². The molecule has 1 atom stereocenters. The second-order valence-electron chi connectivity index (χ2n) is 9.58. The number of aromatic nitrogens is 4. The minimum absolute atomic E-state index is 0.0856. The standard InChI is InChI=1S/C27H32N6O4S/c1-4-32-12-13-33(38(36,37)25-6-5-11-28-27(25)32)17-21-14-19(8-7-18(21)2)22(16-26(34)35)20-9-10-24-23(15-20)29-30-31(24)3/h5-11,14-15,22,36-37H,4,12-13,16-17H2,1-3H3,(H,34,35). The summed E-state index contributed by atoms with van der Waals surface area (Å²) in [5, 5.41) is 18.0. The van der Waals surface area contributed by atoms with Gasteiger partial charge in [-0.25, -0.2) is 9.67 Å². The summed E-state index contributed by atoms with van der Waals surface area (Å²) < 4.78 is 26.2. The van der Waals surface area contributed by atoms with Crippen LogP contribution in [0.4, 0.5) is 5.82 Å². The summed E-state index contributed by atoms with van der Waals surface area (Å²) in [7, 11) is -1.47. The van der Waals surface area contributed by atoms with Crippen molar-refractivity contribution in [2.45, 2.75) is 37.6 Å². The second kappa shape index (κ2) is 10.3. The zero-order valence-corrected chi connectivity index (χ0v) is 22.5. The fourth-order valence-electron chi connectivity index (χ4n) is 5.06. The summed E-state index contributed by atoms with van der Waals surface area (Å²) in [5.74, 6) is -0.700. The number of carboxylic acid groups (broad SMARTS) is 1. The Morgan fingerprint density at radius 3 is 2.63 bits per heavy atom. The molecule has 3 N–H and O–H groups in total. The van der Waals surface area contributed by atoms with Crippen LogP contribution in [0.5, 0.6) is 0 Å². The predicted molar refractivity (Wildman–Crippen MR) is 147 cm³/mol. The van der Waals surface area contributed by atoms with Gasteiger partial charge in [0, 0.05) is 45.3 Å². The van der Waals surface area contributed by atoms with E-state index in [0.29, 0.717) is 42.4 Å². The molecule has 0 amide bonds. The zero-order valence-electron chi connectivity index (χ0n) is 21.7. The molecule has 5 rings (SSSR count). The number of carboxylic acids is 1. The van der Waals surface area contributed by atoms with E-state index in [1.807, 2.05) is 57.3 Å².